The van der Waals surface area contributed by atoms with Crippen molar-refractivity contribution in [1.82, 2.24) is 0 Å². The molecule has 2 N–H and O–H groups in total. The van der Waals surface area contributed by atoms with E-state index in [1.54, 1.807) is 20.8 Å². The van der Waals surface area contributed by atoms with Gasteiger partial charge in [0.25, 0.3) is 0 Å². The first kappa shape index (κ1) is 13.8. The maximum atomic E-state index is 11.3. The van der Waals surface area contributed by atoms with Crippen molar-refractivity contribution < 1.29 is 28.2 Å². The smallest absolute Gasteiger partial charge is 0.322 e. The molecule has 3 unspecified atom stereocenters. The van der Waals surface area contributed by atoms with Crippen LogP contribution in [0.1, 0.15) is 20.8 Å². The third kappa shape index (κ3) is 4.38. The van der Waals surface area contributed by atoms with Crippen LogP contribution < -0.4 is 0 Å². The van der Waals surface area contributed by atoms with Crippen LogP contribution >= 0.6 is 16.3 Å². The molecule has 6 nitrogen and oxygen atoms in total. The fraction of sp³-hybridized carbons (Fsp3) is 0.833. The van der Waals surface area contributed by atoms with Gasteiger partial charge in [-0.15, -0.1) is 0 Å². The van der Waals surface area contributed by atoms with Crippen molar-refractivity contribution >= 4 is 22.3 Å². The fourth-order valence-electron chi connectivity index (χ4n) is 0.970. The molecule has 0 fully saturated rings. The summed E-state index contributed by atoms with van der Waals surface area (Å²) >= 11 is 0. The molecular formula is C6H14O6P2. The van der Waals surface area contributed by atoms with Gasteiger partial charge in [-0.2, -0.15) is 0 Å². The van der Waals surface area contributed by atoms with E-state index >= 15 is 0 Å². The standard InChI is InChI=1S/C6H14O6P2/c1-6(2,3)4(5(7)8)13(9)12-14(10)11/h4,13-14H,1-3H3,(H,7,8)(H,10,11). The van der Waals surface area contributed by atoms with Crippen LogP contribution in [0.4, 0.5) is 0 Å². The van der Waals surface area contributed by atoms with Crippen LogP contribution in [0, 0.1) is 5.41 Å². The molecule has 0 saturated carbocycles. The third-order valence-corrected chi connectivity index (χ3v) is 4.62. The topological polar surface area (TPSA) is 101 Å². The van der Waals surface area contributed by atoms with E-state index in [0.29, 0.717) is 0 Å². The van der Waals surface area contributed by atoms with Crippen LogP contribution in [0.15, 0.2) is 0 Å². The minimum Gasteiger partial charge on any atom is -0.481 e. The Balaban J connectivity index is 4.77. The molecule has 0 heterocycles. The minimum atomic E-state index is -3.35. The SMILES string of the molecule is CC(C)(C)C(C(=O)O)[PH](=O)O[PH](=O)O. The number of carboxylic acids is 1. The number of carboxylic acid groups (broad SMARTS) is 1. The Labute approximate surface area is 83.1 Å². The summed E-state index contributed by atoms with van der Waals surface area (Å²) in [5, 5.41) is 8.77. The highest BCUT2D eigenvalue weighted by atomic mass is 31.2. The van der Waals surface area contributed by atoms with E-state index in [-0.39, 0.29) is 0 Å². The quantitative estimate of drug-likeness (QED) is 0.724. The van der Waals surface area contributed by atoms with Crippen molar-refractivity contribution in [3.63, 3.8) is 0 Å². The summed E-state index contributed by atoms with van der Waals surface area (Å²) in [5.41, 5.74) is -2.03. The molecule has 0 radical (unpaired) electrons. The second-order valence-corrected chi connectivity index (χ2v) is 6.39. The second kappa shape index (κ2) is 5.08. The van der Waals surface area contributed by atoms with Gasteiger partial charge in [-0.25, -0.2) is 0 Å². The Morgan fingerprint density at radius 1 is 1.36 bits per heavy atom. The normalized spacial score (nSPS) is 18.6. The van der Waals surface area contributed by atoms with Crippen LogP contribution in [0.3, 0.4) is 0 Å². The van der Waals surface area contributed by atoms with E-state index < -0.39 is 33.3 Å². The average Bonchev–Trinajstić information content (AvgIpc) is 1.78. The van der Waals surface area contributed by atoms with Crippen LogP contribution in [-0.4, -0.2) is 21.6 Å². The zero-order valence-corrected chi connectivity index (χ0v) is 10.1. The lowest BCUT2D eigenvalue weighted by Crippen LogP contribution is -2.31. The molecule has 8 heteroatoms. The van der Waals surface area contributed by atoms with Gasteiger partial charge < -0.3 is 10.00 Å². The van der Waals surface area contributed by atoms with E-state index in [4.69, 9.17) is 10.00 Å². The Hall–Kier alpha value is -0.150. The molecule has 0 aromatic carbocycles. The highest BCUT2D eigenvalue weighted by Gasteiger charge is 2.37. The van der Waals surface area contributed by atoms with Gasteiger partial charge in [-0.1, -0.05) is 20.8 Å². The number of hydrogen-bond acceptors (Lipinski definition) is 4. The van der Waals surface area contributed by atoms with Crippen LogP contribution in [0.5, 0.6) is 0 Å². The van der Waals surface area contributed by atoms with Gasteiger partial charge in [0, 0.05) is 0 Å². The van der Waals surface area contributed by atoms with E-state index in [9.17, 15) is 13.9 Å². The van der Waals surface area contributed by atoms with Crippen LogP contribution in [-0.2, 0) is 18.2 Å². The monoisotopic (exact) mass is 244 g/mol. The summed E-state index contributed by atoms with van der Waals surface area (Å²) in [4.78, 5) is 19.1. The minimum absolute atomic E-state index is 0.779. The van der Waals surface area contributed by atoms with Gasteiger partial charge in [0.05, 0.1) is 0 Å². The summed E-state index contributed by atoms with van der Waals surface area (Å²) in [7, 11) is -6.40. The molecule has 0 aliphatic carbocycles. The molecule has 0 aliphatic heterocycles. The maximum absolute atomic E-state index is 11.3. The summed E-state index contributed by atoms with van der Waals surface area (Å²) in [6, 6.07) is 0. The Kier molecular flexibility index (Phi) is 5.02. The van der Waals surface area contributed by atoms with Gasteiger partial charge >= 0.3 is 14.2 Å². The predicted molar refractivity (Wildman–Crippen MR) is 52.2 cm³/mol. The highest BCUT2D eigenvalue weighted by molar-refractivity contribution is 7.51. The molecule has 0 aliphatic rings. The number of carbonyl (C=O) groups is 1. The molecule has 0 aromatic rings. The molecule has 0 aromatic heterocycles. The van der Waals surface area contributed by atoms with Crippen molar-refractivity contribution in [2.24, 2.45) is 5.41 Å². The van der Waals surface area contributed by atoms with E-state index in [1.165, 1.54) is 0 Å². The number of aliphatic carboxylic acids is 1. The van der Waals surface area contributed by atoms with Gasteiger partial charge in [0.1, 0.15) is 5.66 Å². The maximum Gasteiger partial charge on any atom is 0.322 e. The largest absolute Gasteiger partial charge is 0.481 e. The molecule has 3 atom stereocenters. The molecule has 0 amide bonds. The molecule has 14 heavy (non-hydrogen) atoms. The van der Waals surface area contributed by atoms with E-state index in [1.807, 2.05) is 0 Å². The molecule has 0 spiro atoms. The Morgan fingerprint density at radius 3 is 2.00 bits per heavy atom. The first-order valence-corrected chi connectivity index (χ1v) is 6.49. The van der Waals surface area contributed by atoms with Crippen molar-refractivity contribution in [1.29, 1.82) is 0 Å². The van der Waals surface area contributed by atoms with Crippen LogP contribution in [0.2, 0.25) is 0 Å². The fourth-order valence-corrected chi connectivity index (χ4v) is 3.04. The van der Waals surface area contributed by atoms with Gasteiger partial charge in [0.15, 0.2) is 0 Å². The number of hydrogen-bond donors (Lipinski definition) is 2. The summed E-state index contributed by atoms with van der Waals surface area (Å²) < 4.78 is 25.7. The zero-order chi connectivity index (χ0) is 11.5. The molecule has 84 valence electrons. The van der Waals surface area contributed by atoms with Gasteiger partial charge in [0.2, 0.25) is 8.03 Å². The van der Waals surface area contributed by atoms with Gasteiger partial charge in [-0.05, 0) is 5.41 Å². The molecule has 0 saturated heterocycles. The highest BCUT2D eigenvalue weighted by Crippen LogP contribution is 2.46. The zero-order valence-electron chi connectivity index (χ0n) is 8.10. The lowest BCUT2D eigenvalue weighted by Gasteiger charge is -2.25. The van der Waals surface area contributed by atoms with Crippen molar-refractivity contribution in [2.45, 2.75) is 26.4 Å². The lowest BCUT2D eigenvalue weighted by atomic mass is 9.92. The average molecular weight is 244 g/mol. The molecular weight excluding hydrogens is 230 g/mol. The predicted octanol–water partition coefficient (Wildman–Crippen LogP) is 1.36. The second-order valence-electron chi connectivity index (χ2n) is 3.82. The summed E-state index contributed by atoms with van der Waals surface area (Å²) in [6.45, 7) is 4.73. The Morgan fingerprint density at radius 2 is 1.79 bits per heavy atom. The first-order valence-electron chi connectivity index (χ1n) is 3.83. The van der Waals surface area contributed by atoms with Gasteiger partial charge in [-0.3, -0.25) is 18.2 Å². The van der Waals surface area contributed by atoms with E-state index in [2.05, 4.69) is 4.31 Å². The number of rotatable bonds is 4. The Bertz CT molecular complexity index is 268. The van der Waals surface area contributed by atoms with Crippen molar-refractivity contribution in [3.8, 4) is 0 Å². The summed E-state index contributed by atoms with van der Waals surface area (Å²) in [5.74, 6) is -1.29. The first-order chi connectivity index (χ1) is 6.16. The lowest BCUT2D eigenvalue weighted by molar-refractivity contribution is -0.138. The van der Waals surface area contributed by atoms with Crippen LogP contribution in [0.25, 0.3) is 0 Å². The molecule has 0 rings (SSSR count). The van der Waals surface area contributed by atoms with E-state index in [0.717, 1.165) is 0 Å². The van der Waals surface area contributed by atoms with Crippen molar-refractivity contribution in [3.05, 3.63) is 0 Å². The molecule has 0 bridgehead atoms. The van der Waals surface area contributed by atoms with Crippen molar-refractivity contribution in [2.75, 3.05) is 0 Å². The summed E-state index contributed by atoms with van der Waals surface area (Å²) in [6.07, 6.45) is 0. The third-order valence-electron chi connectivity index (χ3n) is 1.54.